The van der Waals surface area contributed by atoms with Crippen molar-refractivity contribution in [2.75, 3.05) is 0 Å². The van der Waals surface area contributed by atoms with E-state index in [0.717, 1.165) is 5.56 Å². The van der Waals surface area contributed by atoms with Gasteiger partial charge in [0.1, 0.15) is 6.04 Å². The zero-order chi connectivity index (χ0) is 16.9. The Morgan fingerprint density at radius 2 is 2.17 bits per heavy atom. The first-order chi connectivity index (χ1) is 11.6. The maximum absolute atomic E-state index is 12.3. The van der Waals surface area contributed by atoms with Gasteiger partial charge in [-0.05, 0) is 23.8 Å². The Bertz CT molecular complexity index is 798. The first kappa shape index (κ1) is 16.2. The smallest absolute Gasteiger partial charge is 0.223 e. The molecule has 24 heavy (non-hydrogen) atoms. The van der Waals surface area contributed by atoms with Gasteiger partial charge in [-0.1, -0.05) is 28.9 Å². The molecule has 124 valence electrons. The third-order valence-electron chi connectivity index (χ3n) is 3.44. The fraction of sp³-hybridized carbons (Fsp3) is 0.250. The number of nitrogens with zero attached hydrogens (tertiary/aromatic N) is 4. The SMILES string of the molecule is Cc1nc(C(NC(=O)CCn2cccn2)c2ccc(Cl)cc2)no1. The first-order valence-corrected chi connectivity index (χ1v) is 7.82. The highest BCUT2D eigenvalue weighted by Gasteiger charge is 2.21. The van der Waals surface area contributed by atoms with Gasteiger partial charge in [-0.25, -0.2) is 0 Å². The third-order valence-corrected chi connectivity index (χ3v) is 3.69. The number of carbonyl (C=O) groups is 1. The number of benzene rings is 1. The van der Waals surface area contributed by atoms with E-state index in [-0.39, 0.29) is 5.91 Å². The minimum Gasteiger partial charge on any atom is -0.342 e. The Hall–Kier alpha value is -2.67. The maximum atomic E-state index is 12.3. The van der Waals surface area contributed by atoms with Gasteiger partial charge in [0.2, 0.25) is 11.8 Å². The largest absolute Gasteiger partial charge is 0.342 e. The Balaban J connectivity index is 1.74. The summed E-state index contributed by atoms with van der Waals surface area (Å²) in [4.78, 5) is 16.5. The van der Waals surface area contributed by atoms with Gasteiger partial charge in [0, 0.05) is 37.3 Å². The Kier molecular flexibility index (Phi) is 4.90. The molecule has 0 aliphatic heterocycles. The van der Waals surface area contributed by atoms with Gasteiger partial charge in [-0.2, -0.15) is 10.1 Å². The van der Waals surface area contributed by atoms with Gasteiger partial charge in [0.05, 0.1) is 0 Å². The van der Waals surface area contributed by atoms with Crippen LogP contribution in [0.2, 0.25) is 5.02 Å². The summed E-state index contributed by atoms with van der Waals surface area (Å²) in [5.41, 5.74) is 0.827. The molecular formula is C16H16ClN5O2. The molecule has 0 bridgehead atoms. The van der Waals surface area contributed by atoms with Crippen molar-refractivity contribution in [3.8, 4) is 0 Å². The van der Waals surface area contributed by atoms with E-state index in [4.69, 9.17) is 16.1 Å². The summed E-state index contributed by atoms with van der Waals surface area (Å²) in [5.74, 6) is 0.713. The molecule has 8 heteroatoms. The molecule has 0 aliphatic rings. The zero-order valence-corrected chi connectivity index (χ0v) is 13.8. The number of amides is 1. The lowest BCUT2D eigenvalue weighted by Crippen LogP contribution is -2.30. The van der Waals surface area contributed by atoms with E-state index in [0.29, 0.717) is 29.7 Å². The van der Waals surface area contributed by atoms with E-state index >= 15 is 0 Å². The van der Waals surface area contributed by atoms with Crippen molar-refractivity contribution in [3.63, 3.8) is 0 Å². The summed E-state index contributed by atoms with van der Waals surface area (Å²) in [6, 6.07) is 8.49. The Labute approximate surface area is 143 Å². The van der Waals surface area contributed by atoms with Crippen LogP contribution >= 0.6 is 11.6 Å². The fourth-order valence-electron chi connectivity index (χ4n) is 2.27. The summed E-state index contributed by atoms with van der Waals surface area (Å²) < 4.78 is 6.74. The molecule has 1 N–H and O–H groups in total. The van der Waals surface area contributed by atoms with Crippen molar-refractivity contribution in [1.29, 1.82) is 0 Å². The van der Waals surface area contributed by atoms with Gasteiger partial charge in [-0.3, -0.25) is 9.48 Å². The van der Waals surface area contributed by atoms with Crippen LogP contribution in [0.25, 0.3) is 0 Å². The lowest BCUT2D eigenvalue weighted by Gasteiger charge is -2.16. The molecule has 0 spiro atoms. The van der Waals surface area contributed by atoms with E-state index in [2.05, 4.69) is 20.6 Å². The summed E-state index contributed by atoms with van der Waals surface area (Å²) in [6.45, 7) is 2.20. The molecule has 2 aromatic heterocycles. The number of aryl methyl sites for hydroxylation is 2. The molecule has 7 nitrogen and oxygen atoms in total. The highest BCUT2D eigenvalue weighted by molar-refractivity contribution is 6.30. The third kappa shape index (κ3) is 3.99. The molecule has 0 fully saturated rings. The molecule has 2 heterocycles. The fourth-order valence-corrected chi connectivity index (χ4v) is 2.39. The molecule has 3 rings (SSSR count). The Morgan fingerprint density at radius 3 is 2.79 bits per heavy atom. The second-order valence-electron chi connectivity index (χ2n) is 5.24. The quantitative estimate of drug-likeness (QED) is 0.742. The van der Waals surface area contributed by atoms with E-state index < -0.39 is 6.04 Å². The van der Waals surface area contributed by atoms with Crippen LogP contribution in [0.1, 0.15) is 29.7 Å². The van der Waals surface area contributed by atoms with E-state index in [1.165, 1.54) is 0 Å². The summed E-state index contributed by atoms with van der Waals surface area (Å²) in [7, 11) is 0. The van der Waals surface area contributed by atoms with E-state index in [9.17, 15) is 4.79 Å². The molecule has 1 atom stereocenters. The van der Waals surface area contributed by atoms with Crippen LogP contribution in [0.5, 0.6) is 0 Å². The molecule has 1 unspecified atom stereocenters. The molecule has 0 saturated heterocycles. The minimum absolute atomic E-state index is 0.132. The van der Waals surface area contributed by atoms with E-state index in [1.807, 2.05) is 24.4 Å². The van der Waals surface area contributed by atoms with Gasteiger partial charge < -0.3 is 9.84 Å². The molecular weight excluding hydrogens is 330 g/mol. The standard InChI is InChI=1S/C16H16ClN5O2/c1-11-19-16(21-24-11)15(12-3-5-13(17)6-4-12)20-14(23)7-10-22-9-2-8-18-22/h2-6,8-9,15H,7,10H2,1H3,(H,20,23). The van der Waals surface area contributed by atoms with Crippen molar-refractivity contribution in [3.05, 3.63) is 65.0 Å². The van der Waals surface area contributed by atoms with E-state index in [1.54, 1.807) is 29.9 Å². The predicted molar refractivity (Wildman–Crippen MR) is 87.3 cm³/mol. The lowest BCUT2D eigenvalue weighted by atomic mass is 10.1. The number of rotatable bonds is 6. The van der Waals surface area contributed by atoms with Gasteiger partial charge in [0.15, 0.2) is 5.82 Å². The molecule has 0 radical (unpaired) electrons. The topological polar surface area (TPSA) is 85.8 Å². The van der Waals surface area contributed by atoms with Crippen LogP contribution in [0.15, 0.2) is 47.2 Å². The van der Waals surface area contributed by atoms with Crippen LogP contribution in [-0.2, 0) is 11.3 Å². The minimum atomic E-state index is -0.496. The number of hydrogen-bond acceptors (Lipinski definition) is 5. The molecule has 0 aliphatic carbocycles. The molecule has 1 aromatic carbocycles. The van der Waals surface area contributed by atoms with Gasteiger partial charge >= 0.3 is 0 Å². The number of nitrogens with one attached hydrogen (secondary N) is 1. The first-order valence-electron chi connectivity index (χ1n) is 7.44. The van der Waals surface area contributed by atoms with Crippen LogP contribution in [0.3, 0.4) is 0 Å². The van der Waals surface area contributed by atoms with Crippen molar-refractivity contribution in [2.45, 2.75) is 25.9 Å². The normalized spacial score (nSPS) is 12.1. The molecule has 3 aromatic rings. The van der Waals surface area contributed by atoms with Gasteiger partial charge in [-0.15, -0.1) is 0 Å². The number of aromatic nitrogens is 4. The van der Waals surface area contributed by atoms with Crippen molar-refractivity contribution in [2.24, 2.45) is 0 Å². The number of hydrogen-bond donors (Lipinski definition) is 1. The zero-order valence-electron chi connectivity index (χ0n) is 13.0. The number of halogens is 1. The van der Waals surface area contributed by atoms with Crippen LogP contribution in [0, 0.1) is 6.92 Å². The highest BCUT2D eigenvalue weighted by Crippen LogP contribution is 2.21. The highest BCUT2D eigenvalue weighted by atomic mass is 35.5. The van der Waals surface area contributed by atoms with Crippen molar-refractivity contribution in [1.82, 2.24) is 25.2 Å². The maximum Gasteiger partial charge on any atom is 0.223 e. The summed E-state index contributed by atoms with van der Waals surface area (Å²) >= 11 is 5.93. The molecule has 0 saturated carbocycles. The second kappa shape index (κ2) is 7.27. The average Bonchev–Trinajstić information content (AvgIpc) is 3.23. The van der Waals surface area contributed by atoms with Crippen molar-refractivity contribution >= 4 is 17.5 Å². The summed E-state index contributed by atoms with van der Waals surface area (Å²) in [6.07, 6.45) is 3.78. The van der Waals surface area contributed by atoms with Crippen LogP contribution < -0.4 is 5.32 Å². The van der Waals surface area contributed by atoms with Crippen LogP contribution in [-0.4, -0.2) is 25.8 Å². The monoisotopic (exact) mass is 345 g/mol. The van der Waals surface area contributed by atoms with Crippen LogP contribution in [0.4, 0.5) is 0 Å². The predicted octanol–water partition coefficient (Wildman–Crippen LogP) is 2.52. The molecule has 1 amide bonds. The average molecular weight is 346 g/mol. The van der Waals surface area contributed by atoms with Crippen molar-refractivity contribution < 1.29 is 9.32 Å². The Morgan fingerprint density at radius 1 is 1.38 bits per heavy atom. The summed E-state index contributed by atoms with van der Waals surface area (Å²) in [5, 5.41) is 11.6. The van der Waals surface area contributed by atoms with Gasteiger partial charge in [0.25, 0.3) is 0 Å². The lowest BCUT2D eigenvalue weighted by molar-refractivity contribution is -0.121. The second-order valence-corrected chi connectivity index (χ2v) is 5.68. The number of carbonyl (C=O) groups excluding carboxylic acids is 1.